The van der Waals surface area contributed by atoms with Gasteiger partial charge in [-0.1, -0.05) is 54.2 Å². The fourth-order valence-electron chi connectivity index (χ4n) is 3.99. The minimum Gasteiger partial charge on any atom is -0.493 e. The number of carbonyl (C=O) groups is 1. The number of esters is 1. The number of benzene rings is 2. The average Bonchev–Trinajstić information content (AvgIpc) is 3.31. The van der Waals surface area contributed by atoms with Crippen molar-refractivity contribution in [3.8, 4) is 17.2 Å². The van der Waals surface area contributed by atoms with Crippen LogP contribution in [0, 0.1) is 0 Å². The summed E-state index contributed by atoms with van der Waals surface area (Å²) in [5, 5.41) is 9.13. The number of halogens is 1. The van der Waals surface area contributed by atoms with E-state index in [9.17, 15) is 4.79 Å². The number of hydrogen-bond donors (Lipinski definition) is 1. The molecular weight excluding hydrogens is 516 g/mol. The Balaban J connectivity index is 1.79. The molecule has 1 aromatic heterocycles. The molecule has 9 nitrogen and oxygen atoms in total. The van der Waals surface area contributed by atoms with E-state index in [0.717, 1.165) is 5.56 Å². The summed E-state index contributed by atoms with van der Waals surface area (Å²) in [5.74, 6) is 1.89. The van der Waals surface area contributed by atoms with E-state index in [1.807, 2.05) is 24.3 Å². The molecule has 0 radical (unpaired) electrons. The van der Waals surface area contributed by atoms with E-state index in [-0.39, 0.29) is 6.61 Å². The fourth-order valence-corrected chi connectivity index (χ4v) is 5.11. The van der Waals surface area contributed by atoms with Crippen LogP contribution in [-0.2, 0) is 15.3 Å². The number of thioether (sulfide) groups is 1. The topological polar surface area (TPSA) is 96.7 Å². The Morgan fingerprint density at radius 3 is 2.51 bits per heavy atom. The Hall–Kier alpha value is -3.63. The predicted octanol–water partition coefficient (Wildman–Crippen LogP) is 5.27. The molecule has 4 rings (SSSR count). The number of rotatable bonds is 10. The van der Waals surface area contributed by atoms with Gasteiger partial charge in [-0.05, 0) is 36.2 Å². The third-order valence-electron chi connectivity index (χ3n) is 5.70. The van der Waals surface area contributed by atoms with E-state index < -0.39 is 12.0 Å². The van der Waals surface area contributed by atoms with E-state index >= 15 is 0 Å². The zero-order chi connectivity index (χ0) is 26.5. The van der Waals surface area contributed by atoms with Crippen molar-refractivity contribution in [3.05, 3.63) is 76.5 Å². The molecule has 0 bridgehead atoms. The number of hydrogen-bond acceptors (Lipinski definition) is 9. The second-order valence-corrected chi connectivity index (χ2v) is 9.30. The van der Waals surface area contributed by atoms with Gasteiger partial charge in [0.15, 0.2) is 11.5 Å². The number of nitrogens with zero attached hydrogens (tertiary/aromatic N) is 3. The van der Waals surface area contributed by atoms with Gasteiger partial charge < -0.3 is 24.3 Å². The standard InChI is InChI=1S/C26H27ClN4O5S/c1-6-11-36-24(32)21-15(2)28-25-29-26(37-14-16-9-7-8-10-18(16)27)30-31(25)22(21)17-12-19(33-3)23(35-5)20(13-17)34-4/h6-10,12-13,22H,1,11,14H2,2-5H3,(H,28,29,30). The molecule has 0 saturated carbocycles. The third-order valence-corrected chi connectivity index (χ3v) is 6.96. The Bertz CT molecular complexity index is 1330. The Kier molecular flexibility index (Phi) is 8.30. The Morgan fingerprint density at radius 2 is 1.89 bits per heavy atom. The Labute approximate surface area is 224 Å². The molecule has 2 aromatic carbocycles. The lowest BCUT2D eigenvalue weighted by molar-refractivity contribution is -0.138. The highest BCUT2D eigenvalue weighted by atomic mass is 35.5. The van der Waals surface area contributed by atoms with Crippen molar-refractivity contribution in [2.24, 2.45) is 0 Å². The molecular formula is C26H27ClN4O5S. The first kappa shape index (κ1) is 26.4. The highest BCUT2D eigenvalue weighted by molar-refractivity contribution is 7.98. The summed E-state index contributed by atoms with van der Waals surface area (Å²) in [6, 6.07) is 10.5. The van der Waals surface area contributed by atoms with Gasteiger partial charge in [0.2, 0.25) is 16.9 Å². The molecule has 0 aliphatic carbocycles. The third kappa shape index (κ3) is 5.40. The molecule has 0 amide bonds. The van der Waals surface area contributed by atoms with Crippen molar-refractivity contribution in [1.82, 2.24) is 14.8 Å². The van der Waals surface area contributed by atoms with Crippen molar-refractivity contribution >= 4 is 35.3 Å². The lowest BCUT2D eigenvalue weighted by Crippen LogP contribution is -2.29. The number of aromatic nitrogens is 3. The van der Waals surface area contributed by atoms with Gasteiger partial charge >= 0.3 is 5.97 Å². The van der Waals surface area contributed by atoms with E-state index in [2.05, 4.69) is 16.9 Å². The number of carbonyl (C=O) groups excluding carboxylic acids is 1. The summed E-state index contributed by atoms with van der Waals surface area (Å²) in [6.45, 7) is 5.50. The summed E-state index contributed by atoms with van der Waals surface area (Å²) < 4.78 is 23.7. The number of methoxy groups -OCH3 is 3. The normalized spacial score (nSPS) is 14.5. The monoisotopic (exact) mass is 542 g/mol. The summed E-state index contributed by atoms with van der Waals surface area (Å²) in [6.07, 6.45) is 1.52. The van der Waals surface area contributed by atoms with Crippen molar-refractivity contribution in [1.29, 1.82) is 0 Å². The largest absolute Gasteiger partial charge is 0.493 e. The van der Waals surface area contributed by atoms with E-state index in [0.29, 0.717) is 56.0 Å². The molecule has 3 aromatic rings. The zero-order valence-electron chi connectivity index (χ0n) is 20.9. The molecule has 0 saturated heterocycles. The van der Waals surface area contributed by atoms with Gasteiger partial charge in [-0.25, -0.2) is 9.48 Å². The second kappa shape index (κ2) is 11.6. The van der Waals surface area contributed by atoms with Crippen LogP contribution in [0.15, 0.2) is 65.5 Å². The maximum Gasteiger partial charge on any atom is 0.338 e. The van der Waals surface area contributed by atoms with E-state index in [4.69, 9.17) is 35.6 Å². The summed E-state index contributed by atoms with van der Waals surface area (Å²) in [5.41, 5.74) is 2.61. The number of nitrogens with one attached hydrogen (secondary N) is 1. The highest BCUT2D eigenvalue weighted by Gasteiger charge is 2.36. The molecule has 0 spiro atoms. The minimum atomic E-state index is -0.676. The number of fused-ring (bicyclic) bond motifs is 1. The van der Waals surface area contributed by atoms with Crippen molar-refractivity contribution < 1.29 is 23.7 Å². The first-order chi connectivity index (χ1) is 17.9. The molecule has 0 fully saturated rings. The van der Waals surface area contributed by atoms with Gasteiger partial charge in [-0.3, -0.25) is 0 Å². The first-order valence-electron chi connectivity index (χ1n) is 11.3. The van der Waals surface area contributed by atoms with Crippen molar-refractivity contribution in [3.63, 3.8) is 0 Å². The van der Waals surface area contributed by atoms with Crippen LogP contribution in [0.1, 0.15) is 24.1 Å². The Morgan fingerprint density at radius 1 is 1.19 bits per heavy atom. The van der Waals surface area contributed by atoms with Crippen LogP contribution in [-0.4, -0.2) is 48.7 Å². The van der Waals surface area contributed by atoms with Crippen LogP contribution in [0.4, 0.5) is 5.95 Å². The quantitative estimate of drug-likeness (QED) is 0.209. The van der Waals surface area contributed by atoms with Gasteiger partial charge in [0.05, 0.1) is 26.9 Å². The van der Waals surface area contributed by atoms with Crippen LogP contribution in [0.2, 0.25) is 5.02 Å². The molecule has 1 unspecified atom stereocenters. The van der Waals surface area contributed by atoms with Gasteiger partial charge in [0.1, 0.15) is 12.6 Å². The fraction of sp³-hybridized carbons (Fsp3) is 0.269. The second-order valence-electron chi connectivity index (χ2n) is 7.95. The van der Waals surface area contributed by atoms with Crippen LogP contribution < -0.4 is 19.5 Å². The van der Waals surface area contributed by atoms with Crippen LogP contribution in [0.5, 0.6) is 17.2 Å². The maximum absolute atomic E-state index is 13.2. The minimum absolute atomic E-state index is 0.0702. The molecule has 194 valence electrons. The molecule has 11 heteroatoms. The lowest BCUT2D eigenvalue weighted by atomic mass is 9.95. The van der Waals surface area contributed by atoms with E-state index in [1.54, 1.807) is 23.7 Å². The number of anilines is 1. The van der Waals surface area contributed by atoms with Crippen molar-refractivity contribution in [2.75, 3.05) is 33.3 Å². The smallest absolute Gasteiger partial charge is 0.338 e. The molecule has 2 heterocycles. The average molecular weight is 543 g/mol. The van der Waals surface area contributed by atoms with Gasteiger partial charge in [-0.2, -0.15) is 4.98 Å². The summed E-state index contributed by atoms with van der Waals surface area (Å²) in [7, 11) is 4.60. The van der Waals surface area contributed by atoms with Gasteiger partial charge in [0.25, 0.3) is 0 Å². The maximum atomic E-state index is 13.2. The number of ether oxygens (including phenoxy) is 4. The zero-order valence-corrected chi connectivity index (χ0v) is 22.5. The van der Waals surface area contributed by atoms with Crippen LogP contribution in [0.25, 0.3) is 0 Å². The molecule has 1 aliphatic rings. The molecule has 1 atom stereocenters. The van der Waals surface area contributed by atoms with Crippen molar-refractivity contribution in [2.45, 2.75) is 23.9 Å². The molecule has 1 aliphatic heterocycles. The van der Waals surface area contributed by atoms with Crippen LogP contribution in [0.3, 0.4) is 0 Å². The molecule has 37 heavy (non-hydrogen) atoms. The van der Waals surface area contributed by atoms with Gasteiger partial charge in [-0.15, -0.1) is 5.10 Å². The molecule has 1 N–H and O–H groups in total. The van der Waals surface area contributed by atoms with Gasteiger partial charge in [0, 0.05) is 16.5 Å². The predicted molar refractivity (Wildman–Crippen MR) is 143 cm³/mol. The first-order valence-corrected chi connectivity index (χ1v) is 12.7. The highest BCUT2D eigenvalue weighted by Crippen LogP contribution is 2.44. The number of allylic oxidation sites excluding steroid dienone is 1. The summed E-state index contributed by atoms with van der Waals surface area (Å²) >= 11 is 7.76. The van der Waals surface area contributed by atoms with Crippen LogP contribution >= 0.6 is 23.4 Å². The lowest BCUT2D eigenvalue weighted by Gasteiger charge is -2.28. The summed E-state index contributed by atoms with van der Waals surface area (Å²) in [4.78, 5) is 17.9. The van der Waals surface area contributed by atoms with E-state index in [1.165, 1.54) is 39.2 Å². The SMILES string of the molecule is C=CCOC(=O)C1=C(C)Nc2nc(SCc3ccccc3Cl)nn2C1c1cc(OC)c(OC)c(OC)c1.